The number of ether oxygens (including phenoxy) is 1. The largest absolute Gasteiger partial charge is 0.379 e. The second-order valence-corrected chi connectivity index (χ2v) is 4.46. The molecule has 1 heterocycles. The monoisotopic (exact) mass is 235 g/mol. The Morgan fingerprint density at radius 3 is 2.83 bits per heavy atom. The molecule has 0 spiro atoms. The van der Waals surface area contributed by atoms with Crippen molar-refractivity contribution in [3.8, 4) is 0 Å². The molecule has 0 bridgehead atoms. The van der Waals surface area contributed by atoms with E-state index in [1.165, 1.54) is 0 Å². The molecule has 0 aromatic carbocycles. The highest BCUT2D eigenvalue weighted by Crippen LogP contribution is 2.13. The van der Waals surface area contributed by atoms with Crippen LogP contribution in [0.3, 0.4) is 0 Å². The normalized spacial score (nSPS) is 25.4. The fourth-order valence-electron chi connectivity index (χ4n) is 1.29. The number of hydrogen-bond donors (Lipinski definition) is 0. The number of likely N-dealkylation sites (N-methyl/N-ethyl adjacent to an activating group) is 1. The van der Waals surface area contributed by atoms with Crippen LogP contribution in [0.15, 0.2) is 0 Å². The molecule has 1 fully saturated rings. The van der Waals surface area contributed by atoms with Gasteiger partial charge in [0.1, 0.15) is 0 Å². The zero-order valence-electron chi connectivity index (χ0n) is 7.42. The van der Waals surface area contributed by atoms with Crippen molar-refractivity contribution in [1.82, 2.24) is 4.90 Å². The summed E-state index contributed by atoms with van der Waals surface area (Å²) in [7, 11) is 1.83. The number of alkyl halides is 1. The molecule has 70 valence electrons. The van der Waals surface area contributed by atoms with Crippen LogP contribution in [0.2, 0.25) is 0 Å². The van der Waals surface area contributed by atoms with Gasteiger partial charge in [0.05, 0.1) is 17.5 Å². The average Bonchev–Trinajstić information content (AvgIpc) is 2.53. The van der Waals surface area contributed by atoms with Gasteiger partial charge in [0.25, 0.3) is 0 Å². The molecule has 1 amide bonds. The van der Waals surface area contributed by atoms with Crippen LogP contribution >= 0.6 is 15.9 Å². The van der Waals surface area contributed by atoms with Gasteiger partial charge in [-0.1, -0.05) is 15.9 Å². The summed E-state index contributed by atoms with van der Waals surface area (Å²) in [6, 6.07) is 0.275. The van der Waals surface area contributed by atoms with Crippen LogP contribution in [0.5, 0.6) is 0 Å². The smallest absolute Gasteiger partial charge is 0.236 e. The minimum atomic E-state index is -0.0944. The lowest BCUT2D eigenvalue weighted by Gasteiger charge is -2.24. The van der Waals surface area contributed by atoms with Gasteiger partial charge >= 0.3 is 0 Å². The van der Waals surface area contributed by atoms with Gasteiger partial charge in [-0.15, -0.1) is 0 Å². The summed E-state index contributed by atoms with van der Waals surface area (Å²) in [5, 5.41) is 0. The number of nitrogens with zero attached hydrogens (tertiary/aromatic N) is 1. The molecule has 1 rings (SSSR count). The maximum absolute atomic E-state index is 11.5. The predicted octanol–water partition coefficient (Wildman–Crippen LogP) is 1.02. The van der Waals surface area contributed by atoms with Crippen LogP contribution in [0.4, 0.5) is 0 Å². The van der Waals surface area contributed by atoms with Crippen LogP contribution in [0, 0.1) is 0 Å². The molecular formula is C8H14BrNO2. The maximum atomic E-state index is 11.5. The van der Waals surface area contributed by atoms with Crippen LogP contribution in [-0.4, -0.2) is 41.9 Å². The third-order valence-electron chi connectivity index (χ3n) is 2.14. The average molecular weight is 236 g/mol. The first-order valence-electron chi connectivity index (χ1n) is 4.11. The Morgan fingerprint density at radius 1 is 1.75 bits per heavy atom. The molecule has 0 aromatic rings. The number of carbonyl (C=O) groups is 1. The van der Waals surface area contributed by atoms with Gasteiger partial charge in [-0.3, -0.25) is 4.79 Å². The van der Waals surface area contributed by atoms with E-state index in [2.05, 4.69) is 15.9 Å². The highest BCUT2D eigenvalue weighted by Gasteiger charge is 2.25. The molecule has 0 N–H and O–H groups in total. The molecule has 1 saturated heterocycles. The molecule has 0 radical (unpaired) electrons. The first kappa shape index (κ1) is 9.99. The summed E-state index contributed by atoms with van der Waals surface area (Å²) in [4.78, 5) is 13.1. The molecule has 3 nitrogen and oxygen atoms in total. The van der Waals surface area contributed by atoms with Crippen molar-refractivity contribution in [1.29, 1.82) is 0 Å². The Kier molecular flexibility index (Phi) is 3.53. The van der Waals surface area contributed by atoms with E-state index < -0.39 is 0 Å². The highest BCUT2D eigenvalue weighted by molar-refractivity contribution is 9.10. The number of halogens is 1. The minimum absolute atomic E-state index is 0.0944. The second kappa shape index (κ2) is 4.23. The summed E-state index contributed by atoms with van der Waals surface area (Å²) in [5.74, 6) is 0.130. The van der Waals surface area contributed by atoms with Crippen LogP contribution < -0.4 is 0 Å². The maximum Gasteiger partial charge on any atom is 0.236 e. The standard InChI is InChI=1S/C8H14BrNO2/c1-6(9)8(11)10(2)7-3-4-12-5-7/h6-7H,3-5H2,1-2H3. The van der Waals surface area contributed by atoms with Gasteiger partial charge in [-0.2, -0.15) is 0 Å². The third-order valence-corrected chi connectivity index (χ3v) is 2.53. The molecular weight excluding hydrogens is 222 g/mol. The highest BCUT2D eigenvalue weighted by atomic mass is 79.9. The number of rotatable bonds is 2. The van der Waals surface area contributed by atoms with E-state index in [4.69, 9.17) is 4.74 Å². The van der Waals surface area contributed by atoms with Crippen LogP contribution in [-0.2, 0) is 9.53 Å². The van der Waals surface area contributed by atoms with Gasteiger partial charge in [0, 0.05) is 13.7 Å². The van der Waals surface area contributed by atoms with Gasteiger partial charge in [-0.25, -0.2) is 0 Å². The number of amides is 1. The minimum Gasteiger partial charge on any atom is -0.379 e. The van der Waals surface area contributed by atoms with Crippen molar-refractivity contribution in [3.63, 3.8) is 0 Å². The van der Waals surface area contributed by atoms with Crippen molar-refractivity contribution >= 4 is 21.8 Å². The van der Waals surface area contributed by atoms with Crippen molar-refractivity contribution in [2.45, 2.75) is 24.2 Å². The number of hydrogen-bond acceptors (Lipinski definition) is 2. The lowest BCUT2D eigenvalue weighted by atomic mass is 10.2. The molecule has 1 aliphatic heterocycles. The van der Waals surface area contributed by atoms with E-state index in [1.54, 1.807) is 4.90 Å². The zero-order valence-corrected chi connectivity index (χ0v) is 9.00. The third kappa shape index (κ3) is 2.20. The molecule has 1 aliphatic rings. The molecule has 2 unspecified atom stereocenters. The summed E-state index contributed by atoms with van der Waals surface area (Å²) in [6.45, 7) is 3.30. The SMILES string of the molecule is CC(Br)C(=O)N(C)C1CCOC1. The van der Waals surface area contributed by atoms with E-state index in [9.17, 15) is 4.79 Å². The fourth-order valence-corrected chi connectivity index (χ4v) is 1.61. The molecule has 2 atom stereocenters. The summed E-state index contributed by atoms with van der Waals surface area (Å²) >= 11 is 3.26. The summed E-state index contributed by atoms with van der Waals surface area (Å²) in [5.41, 5.74) is 0. The Bertz CT molecular complexity index is 166. The molecule has 0 saturated carbocycles. The van der Waals surface area contributed by atoms with Gasteiger partial charge in [0.2, 0.25) is 5.91 Å². The lowest BCUT2D eigenvalue weighted by molar-refractivity contribution is -0.130. The van der Waals surface area contributed by atoms with E-state index in [-0.39, 0.29) is 16.8 Å². The van der Waals surface area contributed by atoms with E-state index in [0.717, 1.165) is 13.0 Å². The summed E-state index contributed by atoms with van der Waals surface area (Å²) < 4.78 is 5.20. The van der Waals surface area contributed by atoms with Crippen molar-refractivity contribution in [2.75, 3.05) is 20.3 Å². The van der Waals surface area contributed by atoms with Crippen molar-refractivity contribution in [3.05, 3.63) is 0 Å². The van der Waals surface area contributed by atoms with Gasteiger partial charge in [0.15, 0.2) is 0 Å². The van der Waals surface area contributed by atoms with Crippen molar-refractivity contribution < 1.29 is 9.53 Å². The van der Waals surface area contributed by atoms with E-state index in [1.807, 2.05) is 14.0 Å². The topological polar surface area (TPSA) is 29.5 Å². The number of carbonyl (C=O) groups excluding carboxylic acids is 1. The Morgan fingerprint density at radius 2 is 2.42 bits per heavy atom. The van der Waals surface area contributed by atoms with E-state index in [0.29, 0.717) is 6.61 Å². The molecule has 0 aliphatic carbocycles. The van der Waals surface area contributed by atoms with Crippen molar-refractivity contribution in [2.24, 2.45) is 0 Å². The molecule has 12 heavy (non-hydrogen) atoms. The zero-order chi connectivity index (χ0) is 9.14. The lowest BCUT2D eigenvalue weighted by Crippen LogP contribution is -2.40. The Hall–Kier alpha value is -0.0900. The Labute approximate surface area is 81.2 Å². The molecule has 0 aromatic heterocycles. The van der Waals surface area contributed by atoms with Crippen LogP contribution in [0.1, 0.15) is 13.3 Å². The summed E-state index contributed by atoms with van der Waals surface area (Å²) in [6.07, 6.45) is 0.960. The van der Waals surface area contributed by atoms with Gasteiger partial charge < -0.3 is 9.64 Å². The second-order valence-electron chi connectivity index (χ2n) is 3.08. The quantitative estimate of drug-likeness (QED) is 0.670. The molecule has 4 heteroatoms. The fraction of sp³-hybridized carbons (Fsp3) is 0.875. The van der Waals surface area contributed by atoms with Gasteiger partial charge in [-0.05, 0) is 13.3 Å². The first-order valence-corrected chi connectivity index (χ1v) is 5.03. The van der Waals surface area contributed by atoms with E-state index >= 15 is 0 Å². The van der Waals surface area contributed by atoms with Crippen LogP contribution in [0.25, 0.3) is 0 Å². The Balaban J connectivity index is 2.45. The predicted molar refractivity (Wildman–Crippen MR) is 50.4 cm³/mol. The first-order chi connectivity index (χ1) is 5.63.